The van der Waals surface area contributed by atoms with Gasteiger partial charge in [-0.25, -0.2) is 0 Å². The van der Waals surface area contributed by atoms with Crippen molar-refractivity contribution in [2.24, 2.45) is 0 Å². The van der Waals surface area contributed by atoms with Gasteiger partial charge in [-0.15, -0.1) is 4.73 Å². The number of nitrogens with two attached hydrogens (primary N) is 1. The first-order valence-electron chi connectivity index (χ1n) is 5.35. The number of nitrogens with one attached hydrogen (secondary N) is 1. The Morgan fingerprint density at radius 1 is 1.31 bits per heavy atom. The van der Waals surface area contributed by atoms with E-state index in [4.69, 9.17) is 11.1 Å². The first-order valence-corrected chi connectivity index (χ1v) is 5.35. The summed E-state index contributed by atoms with van der Waals surface area (Å²) in [6.45, 7) is 5.73. The van der Waals surface area contributed by atoms with E-state index >= 15 is 0 Å². The number of hydrogen-bond acceptors (Lipinski definition) is 6. The van der Waals surface area contributed by atoms with E-state index in [-0.39, 0.29) is 11.6 Å². The zero-order valence-electron chi connectivity index (χ0n) is 9.64. The van der Waals surface area contributed by atoms with Gasteiger partial charge in [-0.05, 0) is 12.8 Å². The van der Waals surface area contributed by atoms with Crippen molar-refractivity contribution in [1.29, 1.82) is 5.41 Å². The molecule has 0 amide bonds. The number of nitrogen functional groups attached to an aromatic ring is 1. The third kappa shape index (κ3) is 2.62. The van der Waals surface area contributed by atoms with Crippen molar-refractivity contribution in [1.82, 2.24) is 14.7 Å². The highest BCUT2D eigenvalue weighted by Crippen LogP contribution is 2.07. The van der Waals surface area contributed by atoms with Crippen LogP contribution in [0.25, 0.3) is 0 Å². The van der Waals surface area contributed by atoms with Crippen molar-refractivity contribution in [2.45, 2.75) is 26.7 Å². The summed E-state index contributed by atoms with van der Waals surface area (Å²) in [5.41, 5.74) is 5.16. The molecule has 0 aliphatic carbocycles. The molecular weight excluding hydrogens is 208 g/mol. The zero-order chi connectivity index (χ0) is 12.1. The predicted molar refractivity (Wildman–Crippen MR) is 60.3 cm³/mol. The Labute approximate surface area is 94.0 Å². The maximum absolute atomic E-state index is 9.23. The lowest BCUT2D eigenvalue weighted by Crippen LogP contribution is -2.33. The number of anilines is 2. The third-order valence-corrected chi connectivity index (χ3v) is 2.11. The van der Waals surface area contributed by atoms with Crippen molar-refractivity contribution in [3.05, 3.63) is 5.62 Å². The Bertz CT molecular complexity index is 395. The summed E-state index contributed by atoms with van der Waals surface area (Å²) < 4.78 is 0.458. The molecule has 1 aromatic rings. The molecule has 1 heterocycles. The quantitative estimate of drug-likeness (QED) is 0.622. The Balaban J connectivity index is 3.05. The zero-order valence-corrected chi connectivity index (χ0v) is 9.64. The van der Waals surface area contributed by atoms with Crippen molar-refractivity contribution < 1.29 is 5.21 Å². The maximum atomic E-state index is 9.23. The summed E-state index contributed by atoms with van der Waals surface area (Å²) in [5.74, 6) is 0.281. The van der Waals surface area contributed by atoms with Gasteiger partial charge in [0.15, 0.2) is 0 Å². The molecule has 7 heteroatoms. The molecule has 0 bridgehead atoms. The topological polar surface area (TPSA) is 104 Å². The van der Waals surface area contributed by atoms with Crippen molar-refractivity contribution in [3.8, 4) is 0 Å². The SMILES string of the molecule is CCCN(CCC)c1nc(N)n(O)c(=N)n1. The lowest BCUT2D eigenvalue weighted by atomic mass is 10.4. The van der Waals surface area contributed by atoms with E-state index in [0.29, 0.717) is 10.7 Å². The Morgan fingerprint density at radius 3 is 2.31 bits per heavy atom. The van der Waals surface area contributed by atoms with Crippen LogP contribution in [0.1, 0.15) is 26.7 Å². The second-order valence-corrected chi connectivity index (χ2v) is 3.50. The average molecular weight is 226 g/mol. The molecule has 0 atom stereocenters. The van der Waals surface area contributed by atoms with Gasteiger partial charge in [0.1, 0.15) is 0 Å². The van der Waals surface area contributed by atoms with Gasteiger partial charge in [0.05, 0.1) is 0 Å². The minimum Gasteiger partial charge on any atom is -0.422 e. The molecular formula is C9H18N6O. The van der Waals surface area contributed by atoms with Crippen LogP contribution in [0.4, 0.5) is 11.9 Å². The van der Waals surface area contributed by atoms with Gasteiger partial charge < -0.3 is 15.8 Å². The highest BCUT2D eigenvalue weighted by Gasteiger charge is 2.10. The summed E-state index contributed by atoms with van der Waals surface area (Å²) in [6.07, 6.45) is 1.93. The van der Waals surface area contributed by atoms with Gasteiger partial charge in [0.25, 0.3) is 5.62 Å². The molecule has 0 aliphatic heterocycles. The van der Waals surface area contributed by atoms with Gasteiger partial charge in [-0.3, -0.25) is 5.41 Å². The summed E-state index contributed by atoms with van der Waals surface area (Å²) in [4.78, 5) is 9.80. The number of rotatable bonds is 5. The highest BCUT2D eigenvalue weighted by molar-refractivity contribution is 5.33. The second-order valence-electron chi connectivity index (χ2n) is 3.50. The van der Waals surface area contributed by atoms with Crippen molar-refractivity contribution in [3.63, 3.8) is 0 Å². The molecule has 16 heavy (non-hydrogen) atoms. The lowest BCUT2D eigenvalue weighted by Gasteiger charge is -2.21. The molecule has 0 saturated carbocycles. The molecule has 0 unspecified atom stereocenters. The highest BCUT2D eigenvalue weighted by atomic mass is 16.5. The van der Waals surface area contributed by atoms with E-state index in [9.17, 15) is 5.21 Å². The van der Waals surface area contributed by atoms with Crippen LogP contribution in [0, 0.1) is 5.41 Å². The lowest BCUT2D eigenvalue weighted by molar-refractivity contribution is 0.168. The van der Waals surface area contributed by atoms with E-state index in [1.807, 2.05) is 4.90 Å². The fourth-order valence-corrected chi connectivity index (χ4v) is 1.42. The summed E-state index contributed by atoms with van der Waals surface area (Å²) >= 11 is 0. The van der Waals surface area contributed by atoms with Crippen LogP contribution in [0.15, 0.2) is 0 Å². The maximum Gasteiger partial charge on any atom is 0.262 e. The van der Waals surface area contributed by atoms with Crippen LogP contribution >= 0.6 is 0 Å². The molecule has 1 aromatic heterocycles. The van der Waals surface area contributed by atoms with E-state index in [1.54, 1.807) is 0 Å². The van der Waals surface area contributed by atoms with Gasteiger partial charge >= 0.3 is 0 Å². The van der Waals surface area contributed by atoms with Gasteiger partial charge in [-0.1, -0.05) is 13.8 Å². The average Bonchev–Trinajstić information content (AvgIpc) is 2.25. The van der Waals surface area contributed by atoms with Crippen molar-refractivity contribution in [2.75, 3.05) is 23.7 Å². The van der Waals surface area contributed by atoms with Gasteiger partial charge in [-0.2, -0.15) is 9.97 Å². The van der Waals surface area contributed by atoms with Crippen LogP contribution < -0.4 is 16.3 Å². The minimum atomic E-state index is -0.306. The normalized spacial score (nSPS) is 10.4. The van der Waals surface area contributed by atoms with Crippen molar-refractivity contribution >= 4 is 11.9 Å². The number of aromatic nitrogens is 3. The van der Waals surface area contributed by atoms with Gasteiger partial charge in [0.2, 0.25) is 11.9 Å². The summed E-state index contributed by atoms with van der Waals surface area (Å²) in [7, 11) is 0. The largest absolute Gasteiger partial charge is 0.422 e. The van der Waals surface area contributed by atoms with Crippen LogP contribution in [0.5, 0.6) is 0 Å². The smallest absolute Gasteiger partial charge is 0.262 e. The molecule has 90 valence electrons. The van der Waals surface area contributed by atoms with Crippen LogP contribution in [-0.4, -0.2) is 33.0 Å². The van der Waals surface area contributed by atoms with E-state index in [1.165, 1.54) is 0 Å². The third-order valence-electron chi connectivity index (χ3n) is 2.11. The minimum absolute atomic E-state index is 0.118. The molecule has 1 rings (SSSR count). The van der Waals surface area contributed by atoms with Crippen LogP contribution in [0.2, 0.25) is 0 Å². The number of nitrogens with zero attached hydrogens (tertiary/aromatic N) is 4. The Morgan fingerprint density at radius 2 is 1.88 bits per heavy atom. The van der Waals surface area contributed by atoms with Gasteiger partial charge in [0, 0.05) is 13.1 Å². The van der Waals surface area contributed by atoms with E-state index in [2.05, 4.69) is 23.8 Å². The van der Waals surface area contributed by atoms with Crippen LogP contribution in [0.3, 0.4) is 0 Å². The molecule has 0 spiro atoms. The second kappa shape index (κ2) is 5.34. The fraction of sp³-hybridized carbons (Fsp3) is 0.667. The Kier molecular flexibility index (Phi) is 4.10. The van der Waals surface area contributed by atoms with Crippen LogP contribution in [-0.2, 0) is 0 Å². The standard InChI is InChI=1S/C9H18N6O/c1-3-5-14(6-4-2)9-12-7(10)15(16)8(11)13-9/h16H,3-6H2,1-2H3,(H3,10,11,12,13). The molecule has 0 aliphatic rings. The molecule has 0 saturated heterocycles. The monoisotopic (exact) mass is 226 g/mol. The first kappa shape index (κ1) is 12.3. The van der Waals surface area contributed by atoms with E-state index in [0.717, 1.165) is 25.9 Å². The van der Waals surface area contributed by atoms with E-state index < -0.39 is 0 Å². The molecule has 0 aromatic carbocycles. The molecule has 0 radical (unpaired) electrons. The molecule has 0 fully saturated rings. The first-order chi connectivity index (χ1) is 7.60. The fourth-order valence-electron chi connectivity index (χ4n) is 1.42. The summed E-state index contributed by atoms with van der Waals surface area (Å²) in [6, 6.07) is 0. The number of hydrogen-bond donors (Lipinski definition) is 3. The predicted octanol–water partition coefficient (Wildman–Crippen LogP) is 0.203. The molecule has 4 N–H and O–H groups in total. The molecule has 7 nitrogen and oxygen atoms in total. The Hall–Kier alpha value is -1.79. The summed E-state index contributed by atoms with van der Waals surface area (Å²) in [5, 5.41) is 16.6.